The zero-order valence-electron chi connectivity index (χ0n) is 19.9. The SMILES string of the molecule is C=CCCc1cc(C)nc(OC)c1CNC(=O)c1cc(Br)cc2c1c(CC=C)cn2C(C)C. The Morgan fingerprint density at radius 1 is 1.24 bits per heavy atom. The first-order chi connectivity index (χ1) is 15.8. The zero-order valence-corrected chi connectivity index (χ0v) is 21.5. The summed E-state index contributed by atoms with van der Waals surface area (Å²) in [6.07, 6.45) is 8.24. The molecular formula is C27H32BrN3O2. The number of fused-ring (bicyclic) bond motifs is 1. The van der Waals surface area contributed by atoms with E-state index in [9.17, 15) is 4.79 Å². The number of benzene rings is 1. The molecule has 174 valence electrons. The lowest BCUT2D eigenvalue weighted by Gasteiger charge is -2.16. The summed E-state index contributed by atoms with van der Waals surface area (Å²) in [5, 5.41) is 4.08. The monoisotopic (exact) mass is 509 g/mol. The topological polar surface area (TPSA) is 56.1 Å². The van der Waals surface area contributed by atoms with E-state index in [0.29, 0.717) is 24.4 Å². The lowest BCUT2D eigenvalue weighted by atomic mass is 10.0. The number of hydrogen-bond acceptors (Lipinski definition) is 3. The number of amides is 1. The molecular weight excluding hydrogens is 478 g/mol. The van der Waals surface area contributed by atoms with Crippen LogP contribution >= 0.6 is 15.9 Å². The third-order valence-electron chi connectivity index (χ3n) is 5.69. The Morgan fingerprint density at radius 2 is 2.00 bits per heavy atom. The molecule has 1 amide bonds. The molecule has 1 N–H and O–H groups in total. The van der Waals surface area contributed by atoms with Crippen molar-refractivity contribution in [1.82, 2.24) is 14.9 Å². The quantitative estimate of drug-likeness (QED) is 0.318. The van der Waals surface area contributed by atoms with Crippen LogP contribution in [0.5, 0.6) is 5.88 Å². The highest BCUT2D eigenvalue weighted by Crippen LogP contribution is 2.32. The number of pyridine rings is 1. The summed E-state index contributed by atoms with van der Waals surface area (Å²) < 4.78 is 8.62. The number of ether oxygens (including phenoxy) is 1. The molecule has 0 saturated carbocycles. The lowest BCUT2D eigenvalue weighted by Crippen LogP contribution is -2.24. The highest BCUT2D eigenvalue weighted by Gasteiger charge is 2.20. The van der Waals surface area contributed by atoms with Crippen molar-refractivity contribution in [2.24, 2.45) is 0 Å². The van der Waals surface area contributed by atoms with Crippen LogP contribution < -0.4 is 10.1 Å². The van der Waals surface area contributed by atoms with Crippen molar-refractivity contribution >= 4 is 32.7 Å². The van der Waals surface area contributed by atoms with Crippen molar-refractivity contribution in [2.45, 2.75) is 52.6 Å². The molecule has 0 atom stereocenters. The van der Waals surface area contributed by atoms with E-state index in [0.717, 1.165) is 50.6 Å². The molecule has 0 aliphatic rings. The highest BCUT2D eigenvalue weighted by atomic mass is 79.9. The Balaban J connectivity index is 2.01. The fourth-order valence-corrected chi connectivity index (χ4v) is 4.64. The van der Waals surface area contributed by atoms with Gasteiger partial charge in [-0.3, -0.25) is 4.79 Å². The Kier molecular flexibility index (Phi) is 8.14. The Morgan fingerprint density at radius 3 is 2.64 bits per heavy atom. The molecule has 0 spiro atoms. The van der Waals surface area contributed by atoms with Crippen molar-refractivity contribution in [1.29, 1.82) is 0 Å². The van der Waals surface area contributed by atoms with E-state index >= 15 is 0 Å². The predicted octanol–water partition coefficient (Wildman–Crippen LogP) is 6.47. The van der Waals surface area contributed by atoms with Crippen LogP contribution in [0.3, 0.4) is 0 Å². The standard InChI is InChI=1S/C27H32BrN3O2/c1-7-9-11-19-12-18(5)30-27(33-6)23(19)15-29-26(32)22-13-21(28)14-24-25(22)20(10-8-2)16-31(24)17(3)4/h7-8,12-14,16-17H,1-2,9-11,15H2,3-6H3,(H,29,32). The van der Waals surface area contributed by atoms with Gasteiger partial charge in [-0.15, -0.1) is 13.2 Å². The van der Waals surface area contributed by atoms with E-state index in [1.807, 2.05) is 25.1 Å². The van der Waals surface area contributed by atoms with E-state index in [-0.39, 0.29) is 11.9 Å². The number of halogens is 1. The number of nitrogens with zero attached hydrogens (tertiary/aromatic N) is 2. The molecule has 0 aliphatic carbocycles. The van der Waals surface area contributed by atoms with Gasteiger partial charge in [0.1, 0.15) is 0 Å². The first kappa shape index (κ1) is 24.8. The summed E-state index contributed by atoms with van der Waals surface area (Å²) in [7, 11) is 1.61. The molecule has 0 aliphatic heterocycles. The largest absolute Gasteiger partial charge is 0.481 e. The molecule has 2 heterocycles. The average Bonchev–Trinajstić information content (AvgIpc) is 3.14. The first-order valence-corrected chi connectivity index (χ1v) is 12.0. The molecule has 2 aromatic heterocycles. The van der Waals surface area contributed by atoms with Gasteiger partial charge in [-0.25, -0.2) is 4.98 Å². The molecule has 0 saturated heterocycles. The second-order valence-corrected chi connectivity index (χ2v) is 9.33. The predicted molar refractivity (Wildman–Crippen MR) is 139 cm³/mol. The second kappa shape index (κ2) is 10.8. The summed E-state index contributed by atoms with van der Waals surface area (Å²) in [5.41, 5.74) is 5.66. The van der Waals surface area contributed by atoms with Gasteiger partial charge in [-0.2, -0.15) is 0 Å². The van der Waals surface area contributed by atoms with Gasteiger partial charge in [0.2, 0.25) is 5.88 Å². The van der Waals surface area contributed by atoms with Crippen molar-refractivity contribution in [3.8, 4) is 5.88 Å². The maximum atomic E-state index is 13.5. The van der Waals surface area contributed by atoms with Crippen LogP contribution in [0.15, 0.2) is 54.2 Å². The number of hydrogen-bond donors (Lipinski definition) is 1. The number of allylic oxidation sites excluding steroid dienone is 2. The van der Waals surface area contributed by atoms with Crippen LogP contribution in [0.4, 0.5) is 0 Å². The second-order valence-electron chi connectivity index (χ2n) is 8.42. The minimum absolute atomic E-state index is 0.134. The fourth-order valence-electron chi connectivity index (χ4n) is 4.19. The Bertz CT molecular complexity index is 1190. The molecule has 0 unspecified atom stereocenters. The van der Waals surface area contributed by atoms with Gasteiger partial charge in [0, 0.05) is 39.9 Å². The maximum absolute atomic E-state index is 13.5. The average molecular weight is 510 g/mol. The lowest BCUT2D eigenvalue weighted by molar-refractivity contribution is 0.0952. The van der Waals surface area contributed by atoms with Crippen LogP contribution in [0.1, 0.15) is 59.1 Å². The molecule has 33 heavy (non-hydrogen) atoms. The van der Waals surface area contributed by atoms with E-state index < -0.39 is 0 Å². The minimum atomic E-state index is -0.134. The molecule has 0 radical (unpaired) electrons. The molecule has 0 bridgehead atoms. The molecule has 3 rings (SSSR count). The van der Waals surface area contributed by atoms with E-state index in [4.69, 9.17) is 4.74 Å². The Labute approximate surface area is 204 Å². The third kappa shape index (κ3) is 5.38. The smallest absolute Gasteiger partial charge is 0.252 e. The zero-order chi connectivity index (χ0) is 24.1. The summed E-state index contributed by atoms with van der Waals surface area (Å²) in [6.45, 7) is 14.3. The van der Waals surface area contributed by atoms with E-state index in [1.165, 1.54) is 0 Å². The van der Waals surface area contributed by atoms with Gasteiger partial charge in [0.15, 0.2) is 0 Å². The summed E-state index contributed by atoms with van der Waals surface area (Å²) >= 11 is 3.60. The summed E-state index contributed by atoms with van der Waals surface area (Å²) in [6, 6.07) is 6.28. The third-order valence-corrected chi connectivity index (χ3v) is 6.14. The molecule has 5 nitrogen and oxygen atoms in total. The van der Waals surface area contributed by atoms with Crippen molar-refractivity contribution in [3.05, 3.63) is 82.1 Å². The Hall–Kier alpha value is -2.86. The van der Waals surface area contributed by atoms with Crippen LogP contribution in [0.2, 0.25) is 0 Å². The minimum Gasteiger partial charge on any atom is -0.481 e. The number of carbonyl (C=O) groups is 1. The van der Waals surface area contributed by atoms with Crippen molar-refractivity contribution in [2.75, 3.05) is 7.11 Å². The number of aryl methyl sites for hydroxylation is 2. The maximum Gasteiger partial charge on any atom is 0.252 e. The number of rotatable bonds is 10. The van der Waals surface area contributed by atoms with Crippen molar-refractivity contribution < 1.29 is 9.53 Å². The number of methoxy groups -OCH3 is 1. The van der Waals surface area contributed by atoms with Crippen LogP contribution in [-0.2, 0) is 19.4 Å². The molecule has 3 aromatic rings. The van der Waals surface area contributed by atoms with Gasteiger partial charge in [-0.05, 0) is 69.4 Å². The van der Waals surface area contributed by atoms with E-state index in [1.54, 1.807) is 7.11 Å². The first-order valence-electron chi connectivity index (χ1n) is 11.2. The summed E-state index contributed by atoms with van der Waals surface area (Å²) in [5.74, 6) is 0.414. The van der Waals surface area contributed by atoms with Gasteiger partial charge in [-0.1, -0.05) is 28.1 Å². The van der Waals surface area contributed by atoms with Gasteiger partial charge < -0.3 is 14.6 Å². The van der Waals surface area contributed by atoms with Crippen LogP contribution in [-0.4, -0.2) is 22.6 Å². The number of aromatic nitrogens is 2. The van der Waals surface area contributed by atoms with Crippen LogP contribution in [0.25, 0.3) is 10.9 Å². The molecule has 0 fully saturated rings. The molecule has 1 aromatic carbocycles. The molecule has 6 heteroatoms. The van der Waals surface area contributed by atoms with Gasteiger partial charge in [0.05, 0.1) is 18.2 Å². The number of carbonyl (C=O) groups excluding carboxylic acids is 1. The normalized spacial score (nSPS) is 11.1. The van der Waals surface area contributed by atoms with Crippen molar-refractivity contribution in [3.63, 3.8) is 0 Å². The highest BCUT2D eigenvalue weighted by molar-refractivity contribution is 9.10. The van der Waals surface area contributed by atoms with Gasteiger partial charge >= 0.3 is 0 Å². The van der Waals surface area contributed by atoms with Crippen LogP contribution in [0, 0.1) is 6.92 Å². The fraction of sp³-hybridized carbons (Fsp3) is 0.333. The van der Waals surface area contributed by atoms with E-state index in [2.05, 4.69) is 76.1 Å². The van der Waals surface area contributed by atoms with Gasteiger partial charge in [0.25, 0.3) is 5.91 Å². The summed E-state index contributed by atoms with van der Waals surface area (Å²) in [4.78, 5) is 18.0. The number of nitrogens with one attached hydrogen (secondary N) is 1.